The molecular weight excluding hydrogens is 288 g/mol. The summed E-state index contributed by atoms with van der Waals surface area (Å²) >= 11 is 0. The van der Waals surface area contributed by atoms with Gasteiger partial charge in [-0.3, -0.25) is 4.79 Å². The second-order valence-corrected chi connectivity index (χ2v) is 7.63. The van der Waals surface area contributed by atoms with Crippen molar-refractivity contribution in [3.63, 3.8) is 0 Å². The first kappa shape index (κ1) is 16.0. The van der Waals surface area contributed by atoms with E-state index in [1.807, 2.05) is 0 Å². The summed E-state index contributed by atoms with van der Waals surface area (Å²) in [5.41, 5.74) is 0.494. The Kier molecular flexibility index (Phi) is 5.36. The quantitative estimate of drug-likeness (QED) is 0.857. The van der Waals surface area contributed by atoms with Gasteiger partial charge in [0.15, 0.2) is 9.84 Å². The molecule has 1 unspecified atom stereocenters. The lowest BCUT2D eigenvalue weighted by atomic mass is 10.00. The molecule has 21 heavy (non-hydrogen) atoms. The van der Waals surface area contributed by atoms with Crippen LogP contribution in [0.15, 0.2) is 29.2 Å². The van der Waals surface area contributed by atoms with Gasteiger partial charge in [0.05, 0.1) is 10.6 Å². The normalized spacial score (nSPS) is 19.2. The molecule has 1 aliphatic heterocycles. The predicted octanol–water partition coefficient (Wildman–Crippen LogP) is 1.21. The van der Waals surface area contributed by atoms with Crippen LogP contribution in [0.25, 0.3) is 0 Å². The van der Waals surface area contributed by atoms with E-state index >= 15 is 0 Å². The molecule has 1 aliphatic rings. The summed E-state index contributed by atoms with van der Waals surface area (Å²) in [7, 11) is -3.21. The van der Waals surface area contributed by atoms with Gasteiger partial charge < -0.3 is 10.6 Å². The van der Waals surface area contributed by atoms with Crippen molar-refractivity contribution in [3.8, 4) is 0 Å². The topological polar surface area (TPSA) is 75.3 Å². The fourth-order valence-electron chi connectivity index (χ4n) is 2.42. The number of carbonyl (C=O) groups is 1. The minimum Gasteiger partial charge on any atom is -0.352 e. The van der Waals surface area contributed by atoms with Crippen LogP contribution in [0.5, 0.6) is 0 Å². The first-order valence-electron chi connectivity index (χ1n) is 7.34. The highest BCUT2D eigenvalue weighted by Gasteiger charge is 2.15. The van der Waals surface area contributed by atoms with Crippen LogP contribution in [0.2, 0.25) is 0 Å². The number of nitrogens with one attached hydrogen (secondary N) is 2. The van der Waals surface area contributed by atoms with Gasteiger partial charge in [0.1, 0.15) is 0 Å². The third kappa shape index (κ3) is 4.28. The van der Waals surface area contributed by atoms with E-state index in [1.165, 1.54) is 12.1 Å². The Hall–Kier alpha value is -1.40. The SMILES string of the molecule is CCS(=O)(=O)c1ccc(C(=O)NCC2CCCNC2)cc1. The molecule has 5 nitrogen and oxygen atoms in total. The minimum atomic E-state index is -3.21. The second-order valence-electron chi connectivity index (χ2n) is 5.35. The highest BCUT2D eigenvalue weighted by Crippen LogP contribution is 2.13. The Bertz CT molecular complexity index is 575. The number of rotatable bonds is 5. The maximum absolute atomic E-state index is 12.0. The average molecular weight is 310 g/mol. The molecule has 2 N–H and O–H groups in total. The van der Waals surface area contributed by atoms with Gasteiger partial charge in [-0.25, -0.2) is 8.42 Å². The first-order chi connectivity index (χ1) is 10.0. The summed E-state index contributed by atoms with van der Waals surface area (Å²) in [5, 5.41) is 6.22. The number of hydrogen-bond acceptors (Lipinski definition) is 4. The van der Waals surface area contributed by atoms with E-state index in [0.717, 1.165) is 25.9 Å². The molecule has 1 amide bonds. The molecule has 116 valence electrons. The molecule has 1 fully saturated rings. The Morgan fingerprint density at radius 3 is 2.62 bits per heavy atom. The van der Waals surface area contributed by atoms with Crippen LogP contribution in [-0.2, 0) is 9.84 Å². The van der Waals surface area contributed by atoms with E-state index in [-0.39, 0.29) is 16.6 Å². The summed E-state index contributed by atoms with van der Waals surface area (Å²) in [6.07, 6.45) is 2.27. The zero-order valence-electron chi connectivity index (χ0n) is 12.3. The first-order valence-corrected chi connectivity index (χ1v) is 9.00. The molecular formula is C15H22N2O3S. The van der Waals surface area contributed by atoms with Crippen molar-refractivity contribution in [3.05, 3.63) is 29.8 Å². The molecule has 1 saturated heterocycles. The second kappa shape index (κ2) is 7.04. The average Bonchev–Trinajstić information content (AvgIpc) is 2.53. The number of carbonyl (C=O) groups excluding carboxylic acids is 1. The lowest BCUT2D eigenvalue weighted by Gasteiger charge is -2.22. The summed E-state index contributed by atoms with van der Waals surface area (Å²) in [6.45, 7) is 4.25. The zero-order chi connectivity index (χ0) is 15.3. The number of amides is 1. The summed E-state index contributed by atoms with van der Waals surface area (Å²) in [6, 6.07) is 6.12. The largest absolute Gasteiger partial charge is 0.352 e. The van der Waals surface area contributed by atoms with Gasteiger partial charge in [-0.1, -0.05) is 6.92 Å². The van der Waals surface area contributed by atoms with Crippen molar-refractivity contribution in [2.45, 2.75) is 24.7 Å². The van der Waals surface area contributed by atoms with Gasteiger partial charge in [0.2, 0.25) is 0 Å². The maximum Gasteiger partial charge on any atom is 0.251 e. The van der Waals surface area contributed by atoms with Crippen LogP contribution in [0, 0.1) is 5.92 Å². The lowest BCUT2D eigenvalue weighted by Crippen LogP contribution is -2.38. The molecule has 0 spiro atoms. The van der Waals surface area contributed by atoms with E-state index < -0.39 is 9.84 Å². The van der Waals surface area contributed by atoms with Gasteiger partial charge in [-0.2, -0.15) is 0 Å². The molecule has 0 aromatic heterocycles. The van der Waals surface area contributed by atoms with Crippen LogP contribution >= 0.6 is 0 Å². The van der Waals surface area contributed by atoms with Gasteiger partial charge in [0, 0.05) is 12.1 Å². The van der Waals surface area contributed by atoms with Crippen molar-refractivity contribution < 1.29 is 13.2 Å². The van der Waals surface area contributed by atoms with Crippen molar-refractivity contribution in [1.82, 2.24) is 10.6 Å². The number of piperidine rings is 1. The van der Waals surface area contributed by atoms with Gasteiger partial charge in [-0.15, -0.1) is 0 Å². The highest BCUT2D eigenvalue weighted by molar-refractivity contribution is 7.91. The molecule has 1 atom stereocenters. The van der Waals surface area contributed by atoms with Crippen molar-refractivity contribution in [1.29, 1.82) is 0 Å². The third-order valence-electron chi connectivity index (χ3n) is 3.81. The molecule has 1 heterocycles. The van der Waals surface area contributed by atoms with Crippen LogP contribution in [0.3, 0.4) is 0 Å². The Labute approximate surface area is 126 Å². The Morgan fingerprint density at radius 2 is 2.05 bits per heavy atom. The molecule has 2 rings (SSSR count). The molecule has 0 saturated carbocycles. The highest BCUT2D eigenvalue weighted by atomic mass is 32.2. The Balaban J connectivity index is 1.93. The molecule has 6 heteroatoms. The molecule has 0 bridgehead atoms. The van der Waals surface area contributed by atoms with E-state index in [1.54, 1.807) is 19.1 Å². The van der Waals surface area contributed by atoms with Crippen LogP contribution in [-0.4, -0.2) is 39.7 Å². The number of sulfone groups is 1. The van der Waals surface area contributed by atoms with Gasteiger partial charge >= 0.3 is 0 Å². The minimum absolute atomic E-state index is 0.0627. The van der Waals surface area contributed by atoms with E-state index in [4.69, 9.17) is 0 Å². The van der Waals surface area contributed by atoms with Crippen LogP contribution in [0.1, 0.15) is 30.1 Å². The van der Waals surface area contributed by atoms with Gasteiger partial charge in [0.25, 0.3) is 5.91 Å². The van der Waals surface area contributed by atoms with Crippen molar-refractivity contribution >= 4 is 15.7 Å². The third-order valence-corrected chi connectivity index (χ3v) is 5.56. The van der Waals surface area contributed by atoms with E-state index in [2.05, 4.69) is 10.6 Å². The molecule has 1 aromatic carbocycles. The molecule has 0 radical (unpaired) electrons. The van der Waals surface area contributed by atoms with E-state index in [0.29, 0.717) is 18.0 Å². The lowest BCUT2D eigenvalue weighted by molar-refractivity contribution is 0.0944. The van der Waals surface area contributed by atoms with Crippen LogP contribution in [0.4, 0.5) is 0 Å². The fraction of sp³-hybridized carbons (Fsp3) is 0.533. The molecule has 0 aliphatic carbocycles. The number of benzene rings is 1. The summed E-state index contributed by atoms with van der Waals surface area (Å²) < 4.78 is 23.4. The smallest absolute Gasteiger partial charge is 0.251 e. The number of hydrogen-bond donors (Lipinski definition) is 2. The predicted molar refractivity (Wildman–Crippen MR) is 82.1 cm³/mol. The maximum atomic E-state index is 12.0. The summed E-state index contributed by atoms with van der Waals surface area (Å²) in [4.78, 5) is 12.3. The van der Waals surface area contributed by atoms with Crippen LogP contribution < -0.4 is 10.6 Å². The monoisotopic (exact) mass is 310 g/mol. The van der Waals surface area contributed by atoms with Gasteiger partial charge in [-0.05, 0) is 56.1 Å². The standard InChI is InChI=1S/C15H22N2O3S/c1-2-21(19,20)14-7-5-13(6-8-14)15(18)17-11-12-4-3-9-16-10-12/h5-8,12,16H,2-4,9-11H2,1H3,(H,17,18). The van der Waals surface area contributed by atoms with Crippen molar-refractivity contribution in [2.75, 3.05) is 25.4 Å². The van der Waals surface area contributed by atoms with E-state index in [9.17, 15) is 13.2 Å². The Morgan fingerprint density at radius 1 is 1.33 bits per heavy atom. The zero-order valence-corrected chi connectivity index (χ0v) is 13.1. The van der Waals surface area contributed by atoms with Crippen molar-refractivity contribution in [2.24, 2.45) is 5.92 Å². The summed E-state index contributed by atoms with van der Waals surface area (Å²) in [5.74, 6) is 0.385. The fourth-order valence-corrected chi connectivity index (χ4v) is 3.30. The molecule has 1 aromatic rings.